The van der Waals surface area contributed by atoms with E-state index in [1.54, 1.807) is 11.0 Å². The van der Waals surface area contributed by atoms with Crippen molar-refractivity contribution in [3.8, 4) is 6.07 Å². The molecule has 0 unspecified atom stereocenters. The van der Waals surface area contributed by atoms with Gasteiger partial charge in [-0.3, -0.25) is 10.8 Å². The summed E-state index contributed by atoms with van der Waals surface area (Å²) in [6, 6.07) is 7.52. The highest BCUT2D eigenvalue weighted by Gasteiger charge is 2.24. The first-order valence-corrected chi connectivity index (χ1v) is 8.37. The number of hydrogen-bond acceptors (Lipinski definition) is 6. The summed E-state index contributed by atoms with van der Waals surface area (Å²) in [4.78, 5) is 14.0. The van der Waals surface area contributed by atoms with E-state index in [0.29, 0.717) is 25.2 Å². The molecule has 1 amide bonds. The molecule has 1 aliphatic rings. The first kappa shape index (κ1) is 19.2. The minimum atomic E-state index is -0.513. The summed E-state index contributed by atoms with van der Waals surface area (Å²) in [6.45, 7) is 6.74. The van der Waals surface area contributed by atoms with Crippen LogP contribution in [0, 0.1) is 16.7 Å². The lowest BCUT2D eigenvalue weighted by Gasteiger charge is -2.26. The third kappa shape index (κ3) is 5.21. The fourth-order valence-corrected chi connectivity index (χ4v) is 2.57. The van der Waals surface area contributed by atoms with Gasteiger partial charge in [0.1, 0.15) is 11.7 Å². The summed E-state index contributed by atoms with van der Waals surface area (Å²) in [7, 11) is 0. The fraction of sp³-hybridized carbons (Fsp3) is 0.444. The van der Waals surface area contributed by atoms with E-state index in [4.69, 9.17) is 21.1 Å². The number of nitriles is 1. The van der Waals surface area contributed by atoms with Crippen molar-refractivity contribution in [2.75, 3.05) is 18.5 Å². The number of hydrogen-bond donors (Lipinski definition) is 3. The molecule has 0 fully saturated rings. The lowest BCUT2D eigenvalue weighted by molar-refractivity contribution is 0.0258. The summed E-state index contributed by atoms with van der Waals surface area (Å²) in [5.74, 6) is -0.386. The van der Waals surface area contributed by atoms with Gasteiger partial charge in [-0.15, -0.1) is 0 Å². The lowest BCUT2D eigenvalue weighted by atomic mass is 10.0. The highest BCUT2D eigenvalue weighted by atomic mass is 16.6. The van der Waals surface area contributed by atoms with Gasteiger partial charge in [-0.1, -0.05) is 6.07 Å². The van der Waals surface area contributed by atoms with E-state index >= 15 is 0 Å². The number of fused-ring (bicyclic) bond motifs is 1. The van der Waals surface area contributed by atoms with Crippen LogP contribution in [0.2, 0.25) is 0 Å². The number of ether oxygens (including phenoxy) is 1. The van der Waals surface area contributed by atoms with E-state index in [2.05, 4.69) is 10.5 Å². The Morgan fingerprint density at radius 3 is 2.58 bits per heavy atom. The van der Waals surface area contributed by atoms with Gasteiger partial charge in [0.05, 0.1) is 5.69 Å². The van der Waals surface area contributed by atoms with Crippen LogP contribution in [0.15, 0.2) is 23.3 Å². The first-order chi connectivity index (χ1) is 12.2. The van der Waals surface area contributed by atoms with E-state index in [1.807, 2.05) is 39.0 Å². The molecular formula is C18H24N6O2. The molecule has 0 saturated carbocycles. The maximum absolute atomic E-state index is 12.3. The summed E-state index contributed by atoms with van der Waals surface area (Å²) in [5, 5.41) is 20.0. The molecule has 2 rings (SSSR count). The van der Waals surface area contributed by atoms with E-state index in [-0.39, 0.29) is 17.6 Å². The molecule has 1 heterocycles. The number of nitrogens with two attached hydrogens (primary N) is 1. The molecule has 8 heteroatoms. The number of rotatable bonds is 3. The van der Waals surface area contributed by atoms with Crippen LogP contribution < -0.4 is 11.2 Å². The van der Waals surface area contributed by atoms with Gasteiger partial charge in [-0.2, -0.15) is 10.4 Å². The minimum Gasteiger partial charge on any atom is -0.444 e. The van der Waals surface area contributed by atoms with Crippen LogP contribution in [0.5, 0.6) is 0 Å². The predicted octanol–water partition coefficient (Wildman–Crippen LogP) is 2.25. The van der Waals surface area contributed by atoms with Crippen LogP contribution in [-0.2, 0) is 17.6 Å². The predicted molar refractivity (Wildman–Crippen MR) is 100 cm³/mol. The molecule has 8 nitrogen and oxygen atoms in total. The van der Waals surface area contributed by atoms with Gasteiger partial charge < -0.3 is 15.4 Å². The van der Waals surface area contributed by atoms with Gasteiger partial charge in [0.2, 0.25) is 5.71 Å². The second-order valence-electron chi connectivity index (χ2n) is 7.05. The van der Waals surface area contributed by atoms with Crippen molar-refractivity contribution in [3.05, 3.63) is 29.3 Å². The molecule has 0 aliphatic carbocycles. The van der Waals surface area contributed by atoms with E-state index in [1.165, 1.54) is 0 Å². The average Bonchev–Trinajstić information content (AvgIpc) is 2.75. The number of hydrazone groups is 1. The normalized spacial score (nSPS) is 14.7. The molecule has 0 saturated heterocycles. The van der Waals surface area contributed by atoms with Crippen LogP contribution in [0.25, 0.3) is 0 Å². The third-order valence-electron chi connectivity index (χ3n) is 3.82. The Morgan fingerprint density at radius 2 is 2.00 bits per heavy atom. The Kier molecular flexibility index (Phi) is 5.82. The van der Waals surface area contributed by atoms with Gasteiger partial charge in [0.25, 0.3) is 0 Å². The monoisotopic (exact) mass is 356 g/mol. The number of nitrogens with one attached hydrogen (secondary N) is 2. The van der Waals surface area contributed by atoms with Crippen LogP contribution in [-0.4, -0.2) is 41.2 Å². The topological polar surface area (TPSA) is 128 Å². The van der Waals surface area contributed by atoms with Gasteiger partial charge in [0.15, 0.2) is 5.84 Å². The number of nitrogens with zero attached hydrogens (tertiary/aromatic N) is 3. The number of anilines is 1. The van der Waals surface area contributed by atoms with Crippen LogP contribution in [0.3, 0.4) is 0 Å². The van der Waals surface area contributed by atoms with Crippen LogP contribution in [0.1, 0.15) is 31.9 Å². The zero-order valence-electron chi connectivity index (χ0n) is 15.3. The summed E-state index contributed by atoms with van der Waals surface area (Å²) in [6.07, 6.45) is 1.15. The average molecular weight is 356 g/mol. The Labute approximate surface area is 153 Å². The Balaban J connectivity index is 2.08. The van der Waals surface area contributed by atoms with Crippen molar-refractivity contribution in [3.63, 3.8) is 0 Å². The summed E-state index contributed by atoms with van der Waals surface area (Å²) < 4.78 is 5.45. The zero-order valence-corrected chi connectivity index (χ0v) is 15.3. The molecule has 26 heavy (non-hydrogen) atoms. The van der Waals surface area contributed by atoms with E-state index < -0.39 is 5.60 Å². The largest absolute Gasteiger partial charge is 0.444 e. The molecular weight excluding hydrogens is 332 g/mol. The van der Waals surface area contributed by atoms with Crippen LogP contribution >= 0.6 is 0 Å². The van der Waals surface area contributed by atoms with Crippen molar-refractivity contribution >= 4 is 23.3 Å². The smallest absolute Gasteiger partial charge is 0.410 e. The van der Waals surface area contributed by atoms with Gasteiger partial charge in [-0.25, -0.2) is 4.79 Å². The second kappa shape index (κ2) is 7.87. The zero-order chi connectivity index (χ0) is 19.3. The number of amides is 1. The third-order valence-corrected chi connectivity index (χ3v) is 3.82. The summed E-state index contributed by atoms with van der Waals surface area (Å²) >= 11 is 0. The molecule has 1 aliphatic heterocycles. The van der Waals surface area contributed by atoms with Crippen molar-refractivity contribution in [1.29, 1.82) is 10.7 Å². The SMILES string of the molecule is CC(C)(C)OC(=O)N1CCc2ccc(N/N=C(\C#N)C(=N)N)cc2CC1. The van der Waals surface area contributed by atoms with Gasteiger partial charge in [-0.05, 0) is 56.9 Å². The maximum atomic E-state index is 12.3. The highest BCUT2D eigenvalue weighted by molar-refractivity contribution is 6.45. The quantitative estimate of drug-likeness (QED) is 0.435. The van der Waals surface area contributed by atoms with Crippen molar-refractivity contribution in [2.45, 2.75) is 39.2 Å². The number of carbonyl (C=O) groups is 1. The summed E-state index contributed by atoms with van der Waals surface area (Å²) in [5.41, 5.74) is 10.3. The molecule has 1 aromatic rings. The number of benzene rings is 1. The standard InChI is InChI=1S/C18H24N6O2/c1-18(2,3)26-17(25)24-8-6-12-4-5-14(10-13(12)7-9-24)22-23-15(11-19)16(20)21/h4-5,10,22H,6-9H2,1-3H3,(H3,20,21)/b23-15+. The molecule has 0 aromatic heterocycles. The van der Waals surface area contributed by atoms with Gasteiger partial charge >= 0.3 is 6.09 Å². The molecule has 0 bridgehead atoms. The molecule has 1 aromatic carbocycles. The van der Waals surface area contributed by atoms with Crippen LogP contribution in [0.4, 0.5) is 10.5 Å². The Hall–Kier alpha value is -3.08. The minimum absolute atomic E-state index is 0.170. The van der Waals surface area contributed by atoms with Crippen molar-refractivity contribution in [1.82, 2.24) is 4.90 Å². The molecule has 0 spiro atoms. The fourth-order valence-electron chi connectivity index (χ4n) is 2.57. The Morgan fingerprint density at radius 1 is 1.35 bits per heavy atom. The second-order valence-corrected chi connectivity index (χ2v) is 7.05. The molecule has 0 atom stereocenters. The molecule has 4 N–H and O–H groups in total. The van der Waals surface area contributed by atoms with E-state index in [0.717, 1.165) is 17.5 Å². The molecule has 138 valence electrons. The number of amidine groups is 1. The van der Waals surface area contributed by atoms with Gasteiger partial charge in [0, 0.05) is 13.1 Å². The number of carbonyl (C=O) groups excluding carboxylic acids is 1. The lowest BCUT2D eigenvalue weighted by Crippen LogP contribution is -2.38. The van der Waals surface area contributed by atoms with E-state index in [9.17, 15) is 4.79 Å². The first-order valence-electron chi connectivity index (χ1n) is 8.37. The Bertz CT molecular complexity index is 773. The molecule has 0 radical (unpaired) electrons. The maximum Gasteiger partial charge on any atom is 0.410 e. The van der Waals surface area contributed by atoms with Crippen molar-refractivity contribution in [2.24, 2.45) is 10.8 Å². The van der Waals surface area contributed by atoms with Crippen molar-refractivity contribution < 1.29 is 9.53 Å². The highest BCUT2D eigenvalue weighted by Crippen LogP contribution is 2.21.